The number of hydrogen-bond donors (Lipinski definition) is 1. The maximum absolute atomic E-state index is 4.50. The van der Waals surface area contributed by atoms with Gasteiger partial charge in [-0.1, -0.05) is 0 Å². The van der Waals surface area contributed by atoms with Crippen molar-refractivity contribution in [3.63, 3.8) is 0 Å². The van der Waals surface area contributed by atoms with E-state index in [9.17, 15) is 0 Å². The molecule has 18 heavy (non-hydrogen) atoms. The SMILES string of the molecule is CNc1nc(C)cc(-n2cnc3c2CCCC3)n1. The molecule has 0 bridgehead atoms. The fourth-order valence-electron chi connectivity index (χ4n) is 2.45. The molecule has 1 aliphatic rings. The van der Waals surface area contributed by atoms with Gasteiger partial charge in [-0.15, -0.1) is 0 Å². The van der Waals surface area contributed by atoms with Gasteiger partial charge in [0.1, 0.15) is 12.1 Å². The van der Waals surface area contributed by atoms with E-state index in [1.165, 1.54) is 24.2 Å². The predicted molar refractivity (Wildman–Crippen MR) is 70.1 cm³/mol. The van der Waals surface area contributed by atoms with E-state index in [1.54, 1.807) is 0 Å². The molecule has 0 aliphatic heterocycles. The van der Waals surface area contributed by atoms with Crippen molar-refractivity contribution < 1.29 is 0 Å². The number of nitrogens with zero attached hydrogens (tertiary/aromatic N) is 4. The Morgan fingerprint density at radius 2 is 2.06 bits per heavy atom. The molecule has 1 aliphatic carbocycles. The molecular formula is C13H17N5. The maximum Gasteiger partial charge on any atom is 0.224 e. The Bertz CT molecular complexity index is 573. The molecule has 2 aromatic rings. The zero-order valence-electron chi connectivity index (χ0n) is 10.8. The second-order valence-electron chi connectivity index (χ2n) is 4.66. The summed E-state index contributed by atoms with van der Waals surface area (Å²) in [6, 6.07) is 2.00. The first-order valence-electron chi connectivity index (χ1n) is 6.37. The van der Waals surface area contributed by atoms with Crippen molar-refractivity contribution in [3.8, 4) is 5.82 Å². The summed E-state index contributed by atoms with van der Waals surface area (Å²) in [5.74, 6) is 1.56. The van der Waals surface area contributed by atoms with Gasteiger partial charge in [0.15, 0.2) is 0 Å². The average Bonchev–Trinajstić information content (AvgIpc) is 2.81. The highest BCUT2D eigenvalue weighted by atomic mass is 15.2. The fraction of sp³-hybridized carbons (Fsp3) is 0.462. The zero-order chi connectivity index (χ0) is 12.5. The summed E-state index contributed by atoms with van der Waals surface area (Å²) in [6.07, 6.45) is 6.55. The van der Waals surface area contributed by atoms with E-state index in [-0.39, 0.29) is 0 Å². The number of fused-ring (bicyclic) bond motifs is 1. The van der Waals surface area contributed by atoms with E-state index in [0.717, 1.165) is 24.4 Å². The zero-order valence-corrected chi connectivity index (χ0v) is 10.8. The first-order chi connectivity index (χ1) is 8.78. The van der Waals surface area contributed by atoms with Crippen LogP contribution in [0.1, 0.15) is 29.9 Å². The summed E-state index contributed by atoms with van der Waals surface area (Å²) in [5, 5.41) is 2.99. The summed E-state index contributed by atoms with van der Waals surface area (Å²) in [7, 11) is 1.84. The van der Waals surface area contributed by atoms with Crippen LogP contribution >= 0.6 is 0 Å². The average molecular weight is 243 g/mol. The van der Waals surface area contributed by atoms with Crippen LogP contribution in [0.3, 0.4) is 0 Å². The molecule has 5 heteroatoms. The lowest BCUT2D eigenvalue weighted by Crippen LogP contribution is -2.09. The second-order valence-corrected chi connectivity index (χ2v) is 4.66. The van der Waals surface area contributed by atoms with Gasteiger partial charge in [-0.2, -0.15) is 4.98 Å². The lowest BCUT2D eigenvalue weighted by molar-refractivity contribution is 0.654. The molecule has 0 saturated heterocycles. The third kappa shape index (κ3) is 1.85. The molecule has 1 N–H and O–H groups in total. The topological polar surface area (TPSA) is 55.6 Å². The van der Waals surface area contributed by atoms with Crippen LogP contribution in [0.2, 0.25) is 0 Å². The molecule has 3 rings (SSSR count). The summed E-state index contributed by atoms with van der Waals surface area (Å²) in [4.78, 5) is 13.3. The van der Waals surface area contributed by atoms with Crippen LogP contribution in [0, 0.1) is 6.92 Å². The van der Waals surface area contributed by atoms with Crippen molar-refractivity contribution in [3.05, 3.63) is 29.5 Å². The number of nitrogens with one attached hydrogen (secondary N) is 1. The Balaban J connectivity index is 2.09. The highest BCUT2D eigenvalue weighted by molar-refractivity contribution is 5.37. The molecule has 0 fully saturated rings. The molecular weight excluding hydrogens is 226 g/mol. The number of aryl methyl sites for hydroxylation is 2. The van der Waals surface area contributed by atoms with E-state index in [4.69, 9.17) is 0 Å². The van der Waals surface area contributed by atoms with E-state index in [1.807, 2.05) is 26.4 Å². The highest BCUT2D eigenvalue weighted by Crippen LogP contribution is 2.22. The van der Waals surface area contributed by atoms with Crippen molar-refractivity contribution in [2.24, 2.45) is 0 Å². The monoisotopic (exact) mass is 243 g/mol. The molecule has 2 heterocycles. The Hall–Kier alpha value is -1.91. The minimum atomic E-state index is 0.656. The number of rotatable bonds is 2. The Morgan fingerprint density at radius 1 is 1.22 bits per heavy atom. The van der Waals surface area contributed by atoms with Crippen molar-refractivity contribution >= 4 is 5.95 Å². The van der Waals surface area contributed by atoms with Crippen molar-refractivity contribution in [2.75, 3.05) is 12.4 Å². The number of imidazole rings is 1. The minimum absolute atomic E-state index is 0.656. The minimum Gasteiger partial charge on any atom is -0.357 e. The Labute approximate surface area is 106 Å². The van der Waals surface area contributed by atoms with Crippen LogP contribution in [-0.4, -0.2) is 26.6 Å². The summed E-state index contributed by atoms with van der Waals surface area (Å²) >= 11 is 0. The van der Waals surface area contributed by atoms with Crippen LogP contribution in [0.15, 0.2) is 12.4 Å². The largest absolute Gasteiger partial charge is 0.357 e. The molecule has 0 saturated carbocycles. The third-order valence-electron chi connectivity index (χ3n) is 3.34. The van der Waals surface area contributed by atoms with Crippen LogP contribution in [-0.2, 0) is 12.8 Å². The van der Waals surface area contributed by atoms with Gasteiger partial charge in [0, 0.05) is 24.5 Å². The van der Waals surface area contributed by atoms with Gasteiger partial charge in [0.2, 0.25) is 5.95 Å². The summed E-state index contributed by atoms with van der Waals surface area (Å²) < 4.78 is 2.10. The van der Waals surface area contributed by atoms with E-state index in [0.29, 0.717) is 5.95 Å². The number of anilines is 1. The van der Waals surface area contributed by atoms with Gasteiger partial charge in [-0.05, 0) is 32.6 Å². The molecule has 94 valence electrons. The highest BCUT2D eigenvalue weighted by Gasteiger charge is 2.17. The molecule has 2 aromatic heterocycles. The van der Waals surface area contributed by atoms with Gasteiger partial charge >= 0.3 is 0 Å². The van der Waals surface area contributed by atoms with Gasteiger partial charge in [-0.3, -0.25) is 4.57 Å². The molecule has 0 spiro atoms. The molecule has 0 amide bonds. The lowest BCUT2D eigenvalue weighted by Gasteiger charge is -2.14. The summed E-state index contributed by atoms with van der Waals surface area (Å²) in [5.41, 5.74) is 3.49. The van der Waals surface area contributed by atoms with Gasteiger partial charge < -0.3 is 5.32 Å². The first kappa shape index (κ1) is 11.2. The number of aromatic nitrogens is 4. The molecule has 5 nitrogen and oxygen atoms in total. The van der Waals surface area contributed by atoms with Crippen LogP contribution < -0.4 is 5.32 Å². The predicted octanol–water partition coefficient (Wildman–Crippen LogP) is 1.89. The maximum atomic E-state index is 4.50. The summed E-state index contributed by atoms with van der Waals surface area (Å²) in [6.45, 7) is 1.98. The van der Waals surface area contributed by atoms with Gasteiger partial charge in [0.05, 0.1) is 5.69 Å². The Kier molecular flexibility index (Phi) is 2.74. The Morgan fingerprint density at radius 3 is 2.89 bits per heavy atom. The molecule has 0 atom stereocenters. The van der Waals surface area contributed by atoms with Crippen LogP contribution in [0.25, 0.3) is 5.82 Å². The van der Waals surface area contributed by atoms with Crippen molar-refractivity contribution in [1.29, 1.82) is 0 Å². The first-order valence-corrected chi connectivity index (χ1v) is 6.37. The van der Waals surface area contributed by atoms with Gasteiger partial charge in [0.25, 0.3) is 0 Å². The third-order valence-corrected chi connectivity index (χ3v) is 3.34. The van der Waals surface area contributed by atoms with Crippen molar-refractivity contribution in [2.45, 2.75) is 32.6 Å². The van der Waals surface area contributed by atoms with Crippen LogP contribution in [0.4, 0.5) is 5.95 Å². The molecule has 0 aromatic carbocycles. The van der Waals surface area contributed by atoms with Crippen molar-refractivity contribution in [1.82, 2.24) is 19.5 Å². The van der Waals surface area contributed by atoms with E-state index < -0.39 is 0 Å². The molecule has 0 unspecified atom stereocenters. The molecule has 0 radical (unpaired) electrons. The smallest absolute Gasteiger partial charge is 0.224 e. The fourth-order valence-corrected chi connectivity index (χ4v) is 2.45. The number of hydrogen-bond acceptors (Lipinski definition) is 4. The standard InChI is InChI=1S/C13H17N5/c1-9-7-12(17-13(14-2)16-9)18-8-15-10-5-3-4-6-11(10)18/h7-8H,3-6H2,1-2H3,(H,14,16,17). The quantitative estimate of drug-likeness (QED) is 0.875. The normalized spacial score (nSPS) is 14.3. The van der Waals surface area contributed by atoms with Gasteiger partial charge in [-0.25, -0.2) is 9.97 Å². The second kappa shape index (κ2) is 4.40. The van der Waals surface area contributed by atoms with Crippen LogP contribution in [0.5, 0.6) is 0 Å². The lowest BCUT2D eigenvalue weighted by atomic mass is 10.0. The van der Waals surface area contributed by atoms with E-state index in [2.05, 4.69) is 24.8 Å². The van der Waals surface area contributed by atoms with E-state index >= 15 is 0 Å².